The topological polar surface area (TPSA) is 114 Å². The number of aromatic nitrogens is 3. The quantitative estimate of drug-likeness (QED) is 0.767. The van der Waals surface area contributed by atoms with E-state index in [1.807, 2.05) is 54.6 Å². The standard InChI is InChI=1S/C18H14N6O/c19-9-16-17(10-20)24(18(21)23-16)11-13-4-6-15(7-5-13)25-12-14-3-1-2-8-22-14/h1-8H,11-12H2,(H2,21,23). The summed E-state index contributed by atoms with van der Waals surface area (Å²) in [5.74, 6) is 0.856. The minimum absolute atomic E-state index is 0.0373. The number of ether oxygens (including phenoxy) is 1. The Morgan fingerprint density at radius 3 is 2.52 bits per heavy atom. The SMILES string of the molecule is N#Cc1nc(N)n(Cc2ccc(OCc3ccccn3)cc2)c1C#N. The first-order valence-electron chi connectivity index (χ1n) is 7.49. The molecule has 0 amide bonds. The summed E-state index contributed by atoms with van der Waals surface area (Å²) >= 11 is 0. The number of imidazole rings is 1. The molecule has 0 atom stereocenters. The molecular weight excluding hydrogens is 316 g/mol. The Hall–Kier alpha value is -3.84. The van der Waals surface area contributed by atoms with Gasteiger partial charge in [0.1, 0.15) is 24.5 Å². The van der Waals surface area contributed by atoms with Crippen molar-refractivity contribution in [3.05, 3.63) is 71.3 Å². The largest absolute Gasteiger partial charge is 0.487 e. The Bertz CT molecular complexity index is 948. The van der Waals surface area contributed by atoms with Gasteiger partial charge in [-0.05, 0) is 29.8 Å². The van der Waals surface area contributed by atoms with Crippen LogP contribution in [0.1, 0.15) is 22.6 Å². The third-order valence-electron chi connectivity index (χ3n) is 3.59. The van der Waals surface area contributed by atoms with Crippen LogP contribution < -0.4 is 10.5 Å². The summed E-state index contributed by atoms with van der Waals surface area (Å²) in [6.45, 7) is 0.739. The highest BCUT2D eigenvalue weighted by molar-refractivity contribution is 5.44. The molecular formula is C18H14N6O. The maximum absolute atomic E-state index is 9.20. The fourth-order valence-electron chi connectivity index (χ4n) is 2.34. The summed E-state index contributed by atoms with van der Waals surface area (Å²) in [4.78, 5) is 8.10. The normalized spacial score (nSPS) is 10.0. The molecule has 0 aliphatic heterocycles. The first-order chi connectivity index (χ1) is 12.2. The van der Waals surface area contributed by atoms with Gasteiger partial charge in [0, 0.05) is 6.20 Å². The Morgan fingerprint density at radius 2 is 1.88 bits per heavy atom. The fourth-order valence-corrected chi connectivity index (χ4v) is 2.34. The molecule has 0 unspecified atom stereocenters. The first-order valence-corrected chi connectivity index (χ1v) is 7.49. The van der Waals surface area contributed by atoms with Gasteiger partial charge in [-0.2, -0.15) is 10.5 Å². The number of rotatable bonds is 5. The number of benzene rings is 1. The summed E-state index contributed by atoms with van der Waals surface area (Å²) in [5.41, 5.74) is 7.76. The molecule has 3 aromatic rings. The maximum atomic E-state index is 9.20. The second kappa shape index (κ2) is 7.16. The summed E-state index contributed by atoms with van der Waals surface area (Å²) in [6, 6.07) is 16.9. The lowest BCUT2D eigenvalue weighted by atomic mass is 10.2. The Morgan fingerprint density at radius 1 is 1.08 bits per heavy atom. The van der Waals surface area contributed by atoms with Crippen LogP contribution in [0, 0.1) is 22.7 Å². The van der Waals surface area contributed by atoms with Crippen LogP contribution in [0.15, 0.2) is 48.7 Å². The number of nitriles is 2. The van der Waals surface area contributed by atoms with Crippen LogP contribution in [-0.4, -0.2) is 14.5 Å². The van der Waals surface area contributed by atoms with Crippen LogP contribution in [-0.2, 0) is 13.2 Å². The summed E-state index contributed by atoms with van der Waals surface area (Å²) in [6.07, 6.45) is 1.72. The molecule has 0 fully saturated rings. The van der Waals surface area contributed by atoms with Crippen molar-refractivity contribution in [2.24, 2.45) is 0 Å². The number of pyridine rings is 1. The molecule has 0 aliphatic carbocycles. The van der Waals surface area contributed by atoms with E-state index in [0.717, 1.165) is 11.3 Å². The first kappa shape index (κ1) is 16.0. The Kier molecular flexibility index (Phi) is 4.59. The van der Waals surface area contributed by atoms with Crippen molar-refractivity contribution < 1.29 is 4.74 Å². The average Bonchev–Trinajstić information content (AvgIpc) is 2.97. The zero-order valence-corrected chi connectivity index (χ0v) is 13.3. The predicted octanol–water partition coefficient (Wildman–Crippen LogP) is 2.23. The van der Waals surface area contributed by atoms with Crippen molar-refractivity contribution in [1.29, 1.82) is 10.5 Å². The van der Waals surface area contributed by atoms with E-state index in [1.165, 1.54) is 4.57 Å². The Balaban J connectivity index is 1.71. The molecule has 122 valence electrons. The van der Waals surface area contributed by atoms with Crippen molar-refractivity contribution in [3.8, 4) is 17.9 Å². The zero-order valence-electron chi connectivity index (χ0n) is 13.3. The van der Waals surface area contributed by atoms with E-state index < -0.39 is 0 Å². The van der Waals surface area contributed by atoms with Gasteiger partial charge in [0.2, 0.25) is 5.95 Å². The van der Waals surface area contributed by atoms with Gasteiger partial charge in [-0.1, -0.05) is 18.2 Å². The number of anilines is 1. The molecule has 0 radical (unpaired) electrons. The molecule has 0 spiro atoms. The van der Waals surface area contributed by atoms with E-state index in [4.69, 9.17) is 15.7 Å². The third-order valence-corrected chi connectivity index (χ3v) is 3.59. The van der Waals surface area contributed by atoms with Crippen molar-refractivity contribution >= 4 is 5.95 Å². The van der Waals surface area contributed by atoms with Gasteiger partial charge < -0.3 is 10.5 Å². The third kappa shape index (κ3) is 3.57. The highest BCUT2D eigenvalue weighted by atomic mass is 16.5. The number of hydrogen-bond acceptors (Lipinski definition) is 6. The van der Waals surface area contributed by atoms with Gasteiger partial charge in [-0.15, -0.1) is 0 Å². The van der Waals surface area contributed by atoms with E-state index in [1.54, 1.807) is 6.20 Å². The predicted molar refractivity (Wildman–Crippen MR) is 90.2 cm³/mol. The van der Waals surface area contributed by atoms with E-state index in [-0.39, 0.29) is 17.3 Å². The number of nitrogens with zero attached hydrogens (tertiary/aromatic N) is 5. The molecule has 1 aromatic carbocycles. The monoisotopic (exact) mass is 330 g/mol. The molecule has 25 heavy (non-hydrogen) atoms. The number of nitrogens with two attached hydrogens (primary N) is 1. The van der Waals surface area contributed by atoms with Crippen molar-refractivity contribution in [3.63, 3.8) is 0 Å². The molecule has 3 rings (SSSR count). The van der Waals surface area contributed by atoms with Crippen LogP contribution in [0.3, 0.4) is 0 Å². The molecule has 2 N–H and O–H groups in total. The lowest BCUT2D eigenvalue weighted by Gasteiger charge is -2.09. The molecule has 0 aliphatic rings. The van der Waals surface area contributed by atoms with Crippen LogP contribution in [0.4, 0.5) is 5.95 Å². The van der Waals surface area contributed by atoms with Crippen molar-refractivity contribution in [2.45, 2.75) is 13.2 Å². The molecule has 7 nitrogen and oxygen atoms in total. The van der Waals surface area contributed by atoms with Gasteiger partial charge in [0.25, 0.3) is 0 Å². The summed E-state index contributed by atoms with van der Waals surface area (Å²) in [5, 5.41) is 18.2. The number of nitrogen functional groups attached to an aromatic ring is 1. The van der Waals surface area contributed by atoms with E-state index in [0.29, 0.717) is 18.9 Å². The molecule has 7 heteroatoms. The van der Waals surface area contributed by atoms with Crippen molar-refractivity contribution in [1.82, 2.24) is 14.5 Å². The second-order valence-corrected chi connectivity index (χ2v) is 5.23. The molecule has 2 aromatic heterocycles. The van der Waals surface area contributed by atoms with E-state index in [9.17, 15) is 5.26 Å². The van der Waals surface area contributed by atoms with Gasteiger partial charge >= 0.3 is 0 Å². The van der Waals surface area contributed by atoms with Crippen LogP contribution in [0.25, 0.3) is 0 Å². The fraction of sp³-hybridized carbons (Fsp3) is 0.111. The minimum Gasteiger partial charge on any atom is -0.487 e. The lowest BCUT2D eigenvalue weighted by molar-refractivity contribution is 0.301. The van der Waals surface area contributed by atoms with Crippen molar-refractivity contribution in [2.75, 3.05) is 5.73 Å². The van der Waals surface area contributed by atoms with Crippen LogP contribution >= 0.6 is 0 Å². The minimum atomic E-state index is 0.0373. The highest BCUT2D eigenvalue weighted by Gasteiger charge is 2.15. The number of hydrogen-bond donors (Lipinski definition) is 1. The van der Waals surface area contributed by atoms with E-state index >= 15 is 0 Å². The highest BCUT2D eigenvalue weighted by Crippen LogP contribution is 2.18. The molecule has 0 saturated carbocycles. The van der Waals surface area contributed by atoms with Crippen LogP contribution in [0.5, 0.6) is 5.75 Å². The second-order valence-electron chi connectivity index (χ2n) is 5.23. The zero-order chi connectivity index (χ0) is 17.6. The molecule has 0 saturated heterocycles. The molecule has 2 heterocycles. The summed E-state index contributed by atoms with van der Waals surface area (Å²) in [7, 11) is 0. The molecule has 0 bridgehead atoms. The average molecular weight is 330 g/mol. The smallest absolute Gasteiger partial charge is 0.202 e. The van der Waals surface area contributed by atoms with E-state index in [2.05, 4.69) is 9.97 Å². The maximum Gasteiger partial charge on any atom is 0.202 e. The van der Waals surface area contributed by atoms with Gasteiger partial charge in [-0.3, -0.25) is 9.55 Å². The van der Waals surface area contributed by atoms with Gasteiger partial charge in [0.05, 0.1) is 12.2 Å². The van der Waals surface area contributed by atoms with Gasteiger partial charge in [0.15, 0.2) is 11.4 Å². The van der Waals surface area contributed by atoms with Gasteiger partial charge in [-0.25, -0.2) is 4.98 Å². The lowest BCUT2D eigenvalue weighted by Crippen LogP contribution is -2.07. The summed E-state index contributed by atoms with van der Waals surface area (Å²) < 4.78 is 7.20. The van der Waals surface area contributed by atoms with Crippen LogP contribution in [0.2, 0.25) is 0 Å². The Labute approximate surface area is 144 Å².